The van der Waals surface area contributed by atoms with E-state index in [1.807, 2.05) is 0 Å². The molecule has 0 aliphatic heterocycles. The summed E-state index contributed by atoms with van der Waals surface area (Å²) in [7, 11) is 0. The highest BCUT2D eigenvalue weighted by Crippen LogP contribution is 2.26. The summed E-state index contributed by atoms with van der Waals surface area (Å²) in [6.07, 6.45) is 5.39. The number of hydrogen-bond acceptors (Lipinski definition) is 3. The minimum absolute atomic E-state index is 0.104. The minimum atomic E-state index is -0.822. The molecule has 0 saturated heterocycles. The monoisotopic (exact) mass is 292 g/mol. The highest BCUT2D eigenvalue weighted by atomic mass is 16.3. The van der Waals surface area contributed by atoms with Gasteiger partial charge in [0.25, 0.3) is 0 Å². The molecule has 0 radical (unpaired) electrons. The molecule has 4 N–H and O–H groups in total. The van der Waals surface area contributed by atoms with E-state index < -0.39 is 6.10 Å². The van der Waals surface area contributed by atoms with Crippen LogP contribution in [0.25, 0.3) is 0 Å². The van der Waals surface area contributed by atoms with Crippen LogP contribution in [0.4, 0.5) is 4.79 Å². The molecule has 1 aliphatic carbocycles. The molecule has 1 atom stereocenters. The Bertz CT molecular complexity index is 459. The average molecular weight is 292 g/mol. The SMILES string of the molecule is O=C(NCCC1CCCC1)NC[C@@H](O)c1cccc(O)c1. The van der Waals surface area contributed by atoms with Gasteiger partial charge in [-0.25, -0.2) is 4.79 Å². The van der Waals surface area contributed by atoms with E-state index in [-0.39, 0.29) is 18.3 Å². The summed E-state index contributed by atoms with van der Waals surface area (Å²) in [6, 6.07) is 6.15. The van der Waals surface area contributed by atoms with E-state index in [0.717, 1.165) is 12.3 Å². The molecule has 1 aromatic carbocycles. The second-order valence-corrected chi connectivity index (χ2v) is 5.69. The molecule has 1 fully saturated rings. The van der Waals surface area contributed by atoms with Crippen LogP contribution in [0, 0.1) is 5.92 Å². The number of aliphatic hydroxyl groups excluding tert-OH is 1. The Balaban J connectivity index is 1.63. The molecule has 0 spiro atoms. The molecule has 0 bridgehead atoms. The van der Waals surface area contributed by atoms with E-state index in [1.54, 1.807) is 18.2 Å². The van der Waals surface area contributed by atoms with Crippen molar-refractivity contribution in [2.45, 2.75) is 38.2 Å². The molecule has 2 rings (SSSR count). The van der Waals surface area contributed by atoms with Gasteiger partial charge in [-0.05, 0) is 30.0 Å². The predicted molar refractivity (Wildman–Crippen MR) is 81.0 cm³/mol. The lowest BCUT2D eigenvalue weighted by Crippen LogP contribution is -2.38. The van der Waals surface area contributed by atoms with Crippen molar-refractivity contribution in [3.05, 3.63) is 29.8 Å². The second-order valence-electron chi connectivity index (χ2n) is 5.69. The fraction of sp³-hybridized carbons (Fsp3) is 0.562. The lowest BCUT2D eigenvalue weighted by atomic mass is 10.0. The van der Waals surface area contributed by atoms with Crippen LogP contribution in [0.15, 0.2) is 24.3 Å². The van der Waals surface area contributed by atoms with E-state index in [1.165, 1.54) is 31.7 Å². The van der Waals surface area contributed by atoms with Gasteiger partial charge in [-0.1, -0.05) is 37.8 Å². The third kappa shape index (κ3) is 5.27. The van der Waals surface area contributed by atoms with Gasteiger partial charge >= 0.3 is 6.03 Å². The third-order valence-electron chi connectivity index (χ3n) is 4.02. The molecule has 21 heavy (non-hydrogen) atoms. The molecule has 1 aromatic rings. The molecule has 2 amide bonds. The first-order valence-electron chi connectivity index (χ1n) is 7.64. The van der Waals surface area contributed by atoms with Crippen molar-refractivity contribution in [1.82, 2.24) is 10.6 Å². The first kappa shape index (κ1) is 15.6. The zero-order chi connectivity index (χ0) is 15.1. The van der Waals surface area contributed by atoms with Crippen LogP contribution in [-0.4, -0.2) is 29.3 Å². The minimum Gasteiger partial charge on any atom is -0.508 e. The van der Waals surface area contributed by atoms with E-state index in [0.29, 0.717) is 12.1 Å². The maximum atomic E-state index is 11.6. The van der Waals surface area contributed by atoms with Gasteiger partial charge in [0, 0.05) is 13.1 Å². The van der Waals surface area contributed by atoms with Crippen molar-refractivity contribution in [3.8, 4) is 5.75 Å². The van der Waals surface area contributed by atoms with Crippen LogP contribution >= 0.6 is 0 Å². The average Bonchev–Trinajstić information content (AvgIpc) is 2.98. The number of urea groups is 1. The Morgan fingerprint density at radius 3 is 2.76 bits per heavy atom. The number of hydrogen-bond donors (Lipinski definition) is 4. The molecule has 5 heteroatoms. The quantitative estimate of drug-likeness (QED) is 0.649. The van der Waals surface area contributed by atoms with Crippen LogP contribution < -0.4 is 10.6 Å². The molecular weight excluding hydrogens is 268 g/mol. The highest BCUT2D eigenvalue weighted by Gasteiger charge is 2.15. The van der Waals surface area contributed by atoms with Crippen LogP contribution in [0.1, 0.15) is 43.8 Å². The summed E-state index contributed by atoms with van der Waals surface area (Å²) in [5, 5.41) is 24.7. The van der Waals surface area contributed by atoms with E-state index in [9.17, 15) is 15.0 Å². The Labute approximate surface area is 125 Å². The lowest BCUT2D eigenvalue weighted by molar-refractivity contribution is 0.172. The van der Waals surface area contributed by atoms with Gasteiger partial charge in [0.2, 0.25) is 0 Å². The number of benzene rings is 1. The zero-order valence-electron chi connectivity index (χ0n) is 12.2. The molecule has 116 valence electrons. The summed E-state index contributed by atoms with van der Waals surface area (Å²) in [5.74, 6) is 0.857. The van der Waals surface area contributed by atoms with Gasteiger partial charge in [-0.15, -0.1) is 0 Å². The van der Waals surface area contributed by atoms with E-state index in [2.05, 4.69) is 10.6 Å². The molecule has 0 unspecified atom stereocenters. The Morgan fingerprint density at radius 1 is 1.29 bits per heavy atom. The van der Waals surface area contributed by atoms with E-state index >= 15 is 0 Å². The Hall–Kier alpha value is -1.75. The lowest BCUT2D eigenvalue weighted by Gasteiger charge is -2.14. The number of phenolic OH excluding ortho intramolecular Hbond substituents is 1. The van der Waals surface area contributed by atoms with Crippen LogP contribution in [0.5, 0.6) is 5.75 Å². The Kier molecular flexibility index (Phi) is 5.87. The number of aromatic hydroxyl groups is 1. The number of amides is 2. The van der Waals surface area contributed by atoms with Crippen molar-refractivity contribution in [3.63, 3.8) is 0 Å². The number of carbonyl (C=O) groups is 1. The third-order valence-corrected chi connectivity index (χ3v) is 4.02. The van der Waals surface area contributed by atoms with Crippen LogP contribution in [-0.2, 0) is 0 Å². The number of rotatable bonds is 6. The number of aliphatic hydroxyl groups is 1. The number of nitrogens with one attached hydrogen (secondary N) is 2. The van der Waals surface area contributed by atoms with Crippen molar-refractivity contribution in [2.24, 2.45) is 5.92 Å². The van der Waals surface area contributed by atoms with Gasteiger partial charge in [0.15, 0.2) is 0 Å². The summed E-state index contributed by atoms with van der Waals surface area (Å²) in [5.41, 5.74) is 0.584. The predicted octanol–water partition coefficient (Wildman–Crippen LogP) is 2.31. The zero-order valence-corrected chi connectivity index (χ0v) is 12.2. The Morgan fingerprint density at radius 2 is 2.05 bits per heavy atom. The van der Waals surface area contributed by atoms with Crippen molar-refractivity contribution in [2.75, 3.05) is 13.1 Å². The summed E-state index contributed by atoms with van der Waals surface area (Å²) >= 11 is 0. The smallest absolute Gasteiger partial charge is 0.314 e. The first-order chi connectivity index (χ1) is 10.1. The number of carbonyl (C=O) groups excluding carboxylic acids is 1. The summed E-state index contributed by atoms with van der Waals surface area (Å²) < 4.78 is 0. The first-order valence-corrected chi connectivity index (χ1v) is 7.64. The van der Waals surface area contributed by atoms with Crippen molar-refractivity contribution >= 4 is 6.03 Å². The van der Waals surface area contributed by atoms with Gasteiger partial charge in [-0.2, -0.15) is 0 Å². The topological polar surface area (TPSA) is 81.6 Å². The maximum Gasteiger partial charge on any atom is 0.314 e. The molecule has 5 nitrogen and oxygen atoms in total. The molecule has 1 aliphatic rings. The van der Waals surface area contributed by atoms with Gasteiger partial charge in [-0.3, -0.25) is 0 Å². The van der Waals surface area contributed by atoms with Crippen LogP contribution in [0.3, 0.4) is 0 Å². The van der Waals surface area contributed by atoms with Gasteiger partial charge < -0.3 is 20.8 Å². The largest absolute Gasteiger partial charge is 0.508 e. The summed E-state index contributed by atoms with van der Waals surface area (Å²) in [4.78, 5) is 11.6. The van der Waals surface area contributed by atoms with Crippen molar-refractivity contribution < 1.29 is 15.0 Å². The molecule has 1 saturated carbocycles. The van der Waals surface area contributed by atoms with Gasteiger partial charge in [0.05, 0.1) is 6.10 Å². The van der Waals surface area contributed by atoms with Crippen molar-refractivity contribution in [1.29, 1.82) is 0 Å². The molecule has 0 aromatic heterocycles. The van der Waals surface area contributed by atoms with E-state index in [4.69, 9.17) is 0 Å². The molecular formula is C16H24N2O3. The fourth-order valence-corrected chi connectivity index (χ4v) is 2.79. The maximum absolute atomic E-state index is 11.6. The molecule has 0 heterocycles. The fourth-order valence-electron chi connectivity index (χ4n) is 2.79. The van der Waals surface area contributed by atoms with Crippen LogP contribution in [0.2, 0.25) is 0 Å². The summed E-state index contributed by atoms with van der Waals surface area (Å²) in [6.45, 7) is 0.803. The second kappa shape index (κ2) is 7.88. The standard InChI is InChI=1S/C16H24N2O3/c19-14-7-3-6-13(10-14)15(20)11-18-16(21)17-9-8-12-4-1-2-5-12/h3,6-7,10,12,15,19-20H,1-2,4-5,8-9,11H2,(H2,17,18,21)/t15-/m1/s1. The van der Waals surface area contributed by atoms with Gasteiger partial charge in [0.1, 0.15) is 5.75 Å². The normalized spacial score (nSPS) is 16.6. The highest BCUT2D eigenvalue weighted by molar-refractivity contribution is 5.73. The number of phenols is 1.